The summed E-state index contributed by atoms with van der Waals surface area (Å²) in [6.45, 7) is 2.27. The van der Waals surface area contributed by atoms with Crippen molar-refractivity contribution in [1.29, 1.82) is 0 Å². The molecule has 0 aromatic rings. The average Bonchev–Trinajstić information content (AvgIpc) is 2.64. The first-order chi connectivity index (χ1) is 13.1. The maximum atomic E-state index is 11.6. The lowest BCUT2D eigenvalue weighted by Crippen LogP contribution is -2.66. The first kappa shape index (κ1) is 22.9. The summed E-state index contributed by atoms with van der Waals surface area (Å²) in [6.07, 6.45) is -11.5. The van der Waals surface area contributed by atoms with Gasteiger partial charge >= 0.3 is 5.97 Å². The highest BCUT2D eigenvalue weighted by Gasteiger charge is 2.52. The van der Waals surface area contributed by atoms with Gasteiger partial charge in [-0.2, -0.15) is 0 Å². The molecule has 0 bridgehead atoms. The van der Waals surface area contributed by atoms with Gasteiger partial charge in [-0.1, -0.05) is 6.92 Å². The van der Waals surface area contributed by atoms with E-state index >= 15 is 0 Å². The molecule has 12 heteroatoms. The number of aliphatic hydroxyl groups is 4. The molecule has 0 aromatic carbocycles. The van der Waals surface area contributed by atoms with Crippen molar-refractivity contribution in [2.24, 2.45) is 5.92 Å². The number of carboxylic acids is 1. The first-order valence-electron chi connectivity index (χ1n) is 8.76. The van der Waals surface area contributed by atoms with E-state index < -0.39 is 79.6 Å². The molecule has 6 N–H and O–H groups in total. The molecule has 0 radical (unpaired) electrons. The van der Waals surface area contributed by atoms with Crippen LogP contribution in [-0.4, -0.2) is 106 Å². The number of amides is 1. The highest BCUT2D eigenvalue weighted by atomic mass is 16.7. The summed E-state index contributed by atoms with van der Waals surface area (Å²) in [6, 6.07) is -0.922. The van der Waals surface area contributed by atoms with Gasteiger partial charge in [0.2, 0.25) is 5.91 Å². The topological polar surface area (TPSA) is 184 Å². The van der Waals surface area contributed by atoms with Crippen LogP contribution in [0.3, 0.4) is 0 Å². The Hall–Kier alpha value is -1.38. The van der Waals surface area contributed by atoms with Gasteiger partial charge in [-0.3, -0.25) is 4.79 Å². The molecule has 2 heterocycles. The standard InChI is InChI=1S/C16H27NO11/c1-5-8(17-6(2)19)15(26-7(4-18)9(5)20)27-12-10(21)11(22)16(25-3)28-13(12)14(23)24/h5,7-13,15-16,18,20-22H,4H2,1-3H3,(H,17,19)(H,23,24)/t5?,7?,8-,9?,10?,11?,12?,13+,15?,16?/m0/s1. The van der Waals surface area contributed by atoms with Crippen LogP contribution in [0.15, 0.2) is 0 Å². The molecule has 0 saturated carbocycles. The average molecular weight is 409 g/mol. The summed E-state index contributed by atoms with van der Waals surface area (Å²) in [4.78, 5) is 23.1. The van der Waals surface area contributed by atoms with Crippen LogP contribution in [0.1, 0.15) is 13.8 Å². The highest BCUT2D eigenvalue weighted by Crippen LogP contribution is 2.31. The van der Waals surface area contributed by atoms with E-state index in [1.54, 1.807) is 6.92 Å². The number of rotatable bonds is 6. The van der Waals surface area contributed by atoms with Gasteiger partial charge < -0.3 is 49.8 Å². The number of carboxylic acid groups (broad SMARTS) is 1. The summed E-state index contributed by atoms with van der Waals surface area (Å²) >= 11 is 0. The summed E-state index contributed by atoms with van der Waals surface area (Å²) in [7, 11) is 1.17. The fourth-order valence-corrected chi connectivity index (χ4v) is 3.38. The van der Waals surface area contributed by atoms with Gasteiger partial charge in [0.25, 0.3) is 0 Å². The molecule has 1 amide bonds. The van der Waals surface area contributed by atoms with Crippen LogP contribution in [-0.2, 0) is 28.5 Å². The highest BCUT2D eigenvalue weighted by molar-refractivity contribution is 5.74. The van der Waals surface area contributed by atoms with Crippen LogP contribution >= 0.6 is 0 Å². The van der Waals surface area contributed by atoms with Gasteiger partial charge in [0.1, 0.15) is 24.4 Å². The van der Waals surface area contributed by atoms with Crippen LogP contribution in [0.4, 0.5) is 0 Å². The largest absolute Gasteiger partial charge is 0.479 e. The number of aliphatic hydroxyl groups excluding tert-OH is 4. The zero-order chi connectivity index (χ0) is 21.2. The molecule has 10 atom stereocenters. The van der Waals surface area contributed by atoms with Crippen molar-refractivity contribution in [3.8, 4) is 0 Å². The fraction of sp³-hybridized carbons (Fsp3) is 0.875. The van der Waals surface area contributed by atoms with Crippen molar-refractivity contribution in [2.45, 2.75) is 69.1 Å². The molecule has 2 aliphatic heterocycles. The second kappa shape index (κ2) is 9.41. The van der Waals surface area contributed by atoms with Crippen LogP contribution in [0.25, 0.3) is 0 Å². The van der Waals surface area contributed by atoms with E-state index in [4.69, 9.17) is 18.9 Å². The van der Waals surface area contributed by atoms with Gasteiger partial charge in [-0.25, -0.2) is 4.79 Å². The lowest BCUT2D eigenvalue weighted by atomic mass is 9.88. The molecule has 0 spiro atoms. The van der Waals surface area contributed by atoms with E-state index in [2.05, 4.69) is 5.32 Å². The first-order valence-corrected chi connectivity index (χ1v) is 8.76. The number of methoxy groups -OCH3 is 1. The summed E-state index contributed by atoms with van der Waals surface area (Å²) < 4.78 is 21.1. The molecule has 162 valence electrons. The SMILES string of the molecule is COC1O[C@@H](C(=O)O)C(OC2OC(CO)C(O)C(C)[C@@H]2NC(C)=O)C(O)C1O. The van der Waals surface area contributed by atoms with E-state index in [9.17, 15) is 35.1 Å². The zero-order valence-corrected chi connectivity index (χ0v) is 15.7. The van der Waals surface area contributed by atoms with Crippen molar-refractivity contribution < 1.29 is 54.1 Å². The third-order valence-corrected chi connectivity index (χ3v) is 4.95. The summed E-state index contributed by atoms with van der Waals surface area (Å²) in [5.74, 6) is -2.57. The van der Waals surface area contributed by atoms with Gasteiger partial charge in [-0.15, -0.1) is 0 Å². The molecule has 2 aliphatic rings. The van der Waals surface area contributed by atoms with E-state index in [0.29, 0.717) is 0 Å². The predicted octanol–water partition coefficient (Wildman–Crippen LogP) is -3.23. The number of carbonyl (C=O) groups excluding carboxylic acids is 1. The quantitative estimate of drug-likeness (QED) is 0.259. The lowest BCUT2D eigenvalue weighted by molar-refractivity contribution is -0.335. The monoisotopic (exact) mass is 409 g/mol. The van der Waals surface area contributed by atoms with Crippen LogP contribution < -0.4 is 5.32 Å². The van der Waals surface area contributed by atoms with Gasteiger partial charge in [-0.05, 0) is 0 Å². The zero-order valence-electron chi connectivity index (χ0n) is 15.7. The van der Waals surface area contributed by atoms with E-state index in [1.165, 1.54) is 14.0 Å². The van der Waals surface area contributed by atoms with Crippen molar-refractivity contribution in [3.05, 3.63) is 0 Å². The van der Waals surface area contributed by atoms with Crippen molar-refractivity contribution >= 4 is 11.9 Å². The Morgan fingerprint density at radius 1 is 1.07 bits per heavy atom. The Labute approximate surface area is 160 Å². The molecule has 0 aromatic heterocycles. The maximum Gasteiger partial charge on any atom is 0.335 e. The smallest absolute Gasteiger partial charge is 0.335 e. The van der Waals surface area contributed by atoms with Crippen LogP contribution in [0.2, 0.25) is 0 Å². The third-order valence-electron chi connectivity index (χ3n) is 4.95. The molecular formula is C16H27NO11. The minimum atomic E-state index is -1.71. The molecule has 2 rings (SSSR count). The van der Waals surface area contributed by atoms with E-state index in [1.807, 2.05) is 0 Å². The Morgan fingerprint density at radius 2 is 1.71 bits per heavy atom. The Balaban J connectivity index is 2.28. The Kier molecular flexibility index (Phi) is 7.70. The number of ether oxygens (including phenoxy) is 4. The van der Waals surface area contributed by atoms with E-state index in [-0.39, 0.29) is 0 Å². The third kappa shape index (κ3) is 4.60. The van der Waals surface area contributed by atoms with Crippen molar-refractivity contribution in [1.82, 2.24) is 5.32 Å². The van der Waals surface area contributed by atoms with Gasteiger partial charge in [0.15, 0.2) is 18.7 Å². The molecule has 28 heavy (non-hydrogen) atoms. The maximum absolute atomic E-state index is 11.6. The normalized spacial score (nSPS) is 44.1. The second-order valence-electron chi connectivity index (χ2n) is 6.88. The van der Waals surface area contributed by atoms with Gasteiger partial charge in [0.05, 0.1) is 18.8 Å². The van der Waals surface area contributed by atoms with Gasteiger partial charge in [0, 0.05) is 20.0 Å². The Bertz CT molecular complexity index is 561. The number of hydrogen-bond donors (Lipinski definition) is 6. The number of aliphatic carboxylic acids is 1. The summed E-state index contributed by atoms with van der Waals surface area (Å²) in [5, 5.41) is 52.0. The fourth-order valence-electron chi connectivity index (χ4n) is 3.38. The number of hydrogen-bond acceptors (Lipinski definition) is 10. The van der Waals surface area contributed by atoms with E-state index in [0.717, 1.165) is 0 Å². The van der Waals surface area contributed by atoms with Crippen molar-refractivity contribution in [3.63, 3.8) is 0 Å². The lowest BCUT2D eigenvalue weighted by Gasteiger charge is -2.47. The van der Waals surface area contributed by atoms with Crippen LogP contribution in [0.5, 0.6) is 0 Å². The molecular weight excluding hydrogens is 382 g/mol. The molecule has 8 unspecified atom stereocenters. The Morgan fingerprint density at radius 3 is 2.21 bits per heavy atom. The second-order valence-corrected chi connectivity index (χ2v) is 6.88. The summed E-state index contributed by atoms with van der Waals surface area (Å²) in [5.41, 5.74) is 0. The number of carbonyl (C=O) groups is 2. The minimum absolute atomic E-state index is 0.460. The van der Waals surface area contributed by atoms with Crippen molar-refractivity contribution in [2.75, 3.05) is 13.7 Å². The van der Waals surface area contributed by atoms with Crippen LogP contribution in [0, 0.1) is 5.92 Å². The molecule has 2 saturated heterocycles. The molecule has 0 aliphatic carbocycles. The number of nitrogens with one attached hydrogen (secondary N) is 1. The molecule has 12 nitrogen and oxygen atoms in total. The molecule has 2 fully saturated rings. The predicted molar refractivity (Wildman–Crippen MR) is 88.7 cm³/mol. The minimum Gasteiger partial charge on any atom is -0.479 e.